The standard InChI is InChI=1S/C11H18IN/c1-9-5-6-11(12(2)3)10(7-9)8-13-4/h5-7,13H,8H2,1-4H3. The van der Waals surface area contributed by atoms with Crippen LogP contribution < -0.4 is 5.32 Å². The number of halogens is 1. The molecule has 0 fully saturated rings. The van der Waals surface area contributed by atoms with E-state index in [1.54, 1.807) is 3.57 Å². The van der Waals surface area contributed by atoms with Crippen molar-refractivity contribution in [3.63, 3.8) is 0 Å². The van der Waals surface area contributed by atoms with Crippen molar-refractivity contribution in [2.24, 2.45) is 0 Å². The Labute approximate surface area is 88.3 Å². The van der Waals surface area contributed by atoms with E-state index in [0.717, 1.165) is 6.54 Å². The van der Waals surface area contributed by atoms with E-state index in [2.05, 4.69) is 40.3 Å². The van der Waals surface area contributed by atoms with Crippen molar-refractivity contribution >= 4 is 19.8 Å². The Kier molecular flexibility index (Phi) is 4.19. The Morgan fingerprint density at radius 3 is 2.54 bits per heavy atom. The Hall–Kier alpha value is -0.0900. The molecule has 0 atom stereocenters. The predicted molar refractivity (Wildman–Crippen MR) is 68.5 cm³/mol. The molecule has 1 N–H and O–H groups in total. The van der Waals surface area contributed by atoms with E-state index in [0.29, 0.717) is 0 Å². The van der Waals surface area contributed by atoms with Crippen LogP contribution >= 0.6 is 19.8 Å². The molecule has 0 saturated carbocycles. The Bertz CT molecular complexity index is 281. The first-order valence-corrected chi connectivity index (χ1v) is 9.78. The summed E-state index contributed by atoms with van der Waals surface area (Å²) in [7, 11) is 2.01. The molecule has 1 nitrogen and oxygen atoms in total. The quantitative estimate of drug-likeness (QED) is 0.667. The number of nitrogens with one attached hydrogen (secondary N) is 1. The fraction of sp³-hybridized carbons (Fsp3) is 0.455. The number of benzene rings is 1. The van der Waals surface area contributed by atoms with Gasteiger partial charge in [0.1, 0.15) is 0 Å². The molecule has 0 aliphatic rings. The van der Waals surface area contributed by atoms with Gasteiger partial charge < -0.3 is 0 Å². The van der Waals surface area contributed by atoms with Crippen LogP contribution in [0.15, 0.2) is 18.2 Å². The van der Waals surface area contributed by atoms with Crippen molar-refractivity contribution in [1.82, 2.24) is 5.32 Å². The molecule has 0 bridgehead atoms. The second-order valence-corrected chi connectivity index (χ2v) is 8.86. The minimum atomic E-state index is -0.824. The fourth-order valence-corrected chi connectivity index (χ4v) is 4.03. The first-order chi connectivity index (χ1) is 6.15. The van der Waals surface area contributed by atoms with Crippen molar-refractivity contribution in [3.05, 3.63) is 32.9 Å². The molecule has 0 aliphatic heterocycles. The van der Waals surface area contributed by atoms with E-state index < -0.39 is 19.8 Å². The molecule has 0 saturated heterocycles. The van der Waals surface area contributed by atoms with Crippen molar-refractivity contribution in [1.29, 1.82) is 0 Å². The molecule has 0 unspecified atom stereocenters. The first-order valence-electron chi connectivity index (χ1n) is 4.39. The van der Waals surface area contributed by atoms with E-state index in [1.165, 1.54) is 11.1 Å². The van der Waals surface area contributed by atoms with Crippen LogP contribution in [0.5, 0.6) is 0 Å². The van der Waals surface area contributed by atoms with E-state index in [1.807, 2.05) is 7.05 Å². The van der Waals surface area contributed by atoms with E-state index >= 15 is 0 Å². The maximum atomic E-state index is 3.23. The molecule has 1 aromatic carbocycles. The molecule has 2 heteroatoms. The van der Waals surface area contributed by atoms with Gasteiger partial charge in [-0.3, -0.25) is 0 Å². The number of rotatable bonds is 3. The monoisotopic (exact) mass is 291 g/mol. The summed E-state index contributed by atoms with van der Waals surface area (Å²) in [6.07, 6.45) is 0. The second-order valence-electron chi connectivity index (χ2n) is 3.38. The van der Waals surface area contributed by atoms with E-state index in [4.69, 9.17) is 0 Å². The van der Waals surface area contributed by atoms with Crippen LogP contribution in [0.25, 0.3) is 0 Å². The average Bonchev–Trinajstić information content (AvgIpc) is 2.04. The third kappa shape index (κ3) is 2.95. The molecule has 0 radical (unpaired) electrons. The topological polar surface area (TPSA) is 12.0 Å². The summed E-state index contributed by atoms with van der Waals surface area (Å²) < 4.78 is 1.61. The van der Waals surface area contributed by atoms with Crippen molar-refractivity contribution < 1.29 is 0 Å². The average molecular weight is 291 g/mol. The molecule has 0 aromatic heterocycles. The van der Waals surface area contributed by atoms with Gasteiger partial charge in [-0.15, -0.1) is 0 Å². The zero-order valence-electron chi connectivity index (χ0n) is 8.82. The molecule has 0 spiro atoms. The van der Waals surface area contributed by atoms with Gasteiger partial charge in [-0.1, -0.05) is 0 Å². The molecule has 0 aliphatic carbocycles. The van der Waals surface area contributed by atoms with Gasteiger partial charge in [-0.05, 0) is 0 Å². The summed E-state index contributed by atoms with van der Waals surface area (Å²) in [6.45, 7) is 3.17. The summed E-state index contributed by atoms with van der Waals surface area (Å²) in [5.41, 5.74) is 2.87. The molecule has 0 heterocycles. The maximum absolute atomic E-state index is 3.23. The molecule has 0 amide bonds. The Morgan fingerprint density at radius 1 is 1.31 bits per heavy atom. The van der Waals surface area contributed by atoms with Crippen LogP contribution in [0.4, 0.5) is 0 Å². The fourth-order valence-electron chi connectivity index (χ4n) is 1.40. The van der Waals surface area contributed by atoms with Gasteiger partial charge in [-0.2, -0.15) is 0 Å². The number of hydrogen-bond donors (Lipinski definition) is 1. The molecule has 1 aromatic rings. The van der Waals surface area contributed by atoms with Crippen molar-refractivity contribution in [3.8, 4) is 0 Å². The van der Waals surface area contributed by atoms with Crippen LogP contribution in [-0.2, 0) is 6.54 Å². The van der Waals surface area contributed by atoms with Crippen LogP contribution in [0.2, 0.25) is 0 Å². The van der Waals surface area contributed by atoms with E-state index in [-0.39, 0.29) is 0 Å². The summed E-state index contributed by atoms with van der Waals surface area (Å²) in [4.78, 5) is 4.79. The van der Waals surface area contributed by atoms with Crippen LogP contribution in [0, 0.1) is 10.5 Å². The van der Waals surface area contributed by atoms with Gasteiger partial charge in [0.2, 0.25) is 0 Å². The van der Waals surface area contributed by atoms with Crippen molar-refractivity contribution in [2.75, 3.05) is 16.9 Å². The van der Waals surface area contributed by atoms with Crippen molar-refractivity contribution in [2.45, 2.75) is 13.5 Å². The third-order valence-corrected chi connectivity index (χ3v) is 5.35. The number of hydrogen-bond acceptors (Lipinski definition) is 1. The Balaban J connectivity index is 3.03. The molecule has 13 heavy (non-hydrogen) atoms. The summed E-state index contributed by atoms with van der Waals surface area (Å²) >= 11 is -0.824. The molecular formula is C11H18IN. The first kappa shape index (κ1) is 11.0. The minimum absolute atomic E-state index is 0.824. The van der Waals surface area contributed by atoms with E-state index in [9.17, 15) is 0 Å². The Morgan fingerprint density at radius 2 is 2.00 bits per heavy atom. The van der Waals surface area contributed by atoms with Gasteiger partial charge in [0.15, 0.2) is 0 Å². The van der Waals surface area contributed by atoms with Crippen LogP contribution in [-0.4, -0.2) is 16.9 Å². The predicted octanol–water partition coefficient (Wildman–Crippen LogP) is 2.65. The van der Waals surface area contributed by atoms with Gasteiger partial charge in [0.05, 0.1) is 0 Å². The zero-order valence-corrected chi connectivity index (χ0v) is 11.0. The zero-order chi connectivity index (χ0) is 9.84. The van der Waals surface area contributed by atoms with Gasteiger partial charge in [-0.25, -0.2) is 0 Å². The SMILES string of the molecule is CNCc1cc(C)ccc1I(C)C. The number of alkyl halides is 2. The number of aryl methyl sites for hydroxylation is 1. The summed E-state index contributed by atoms with van der Waals surface area (Å²) in [6, 6.07) is 6.85. The molecular weight excluding hydrogens is 273 g/mol. The van der Waals surface area contributed by atoms with Gasteiger partial charge in [0, 0.05) is 0 Å². The third-order valence-electron chi connectivity index (χ3n) is 1.98. The summed E-state index contributed by atoms with van der Waals surface area (Å²) in [5, 5.41) is 3.23. The molecule has 74 valence electrons. The van der Waals surface area contributed by atoms with Crippen LogP contribution in [0.1, 0.15) is 11.1 Å². The summed E-state index contributed by atoms with van der Waals surface area (Å²) in [5.74, 6) is 0. The molecule has 1 rings (SSSR count). The van der Waals surface area contributed by atoms with Gasteiger partial charge in [0.25, 0.3) is 0 Å². The second kappa shape index (κ2) is 4.96. The normalized spacial score (nSPS) is 11.5. The van der Waals surface area contributed by atoms with Crippen LogP contribution in [0.3, 0.4) is 0 Å². The van der Waals surface area contributed by atoms with Gasteiger partial charge >= 0.3 is 88.4 Å².